The minimum atomic E-state index is 0.0185. The molecule has 0 atom stereocenters. The van der Waals surface area contributed by atoms with Gasteiger partial charge in [-0.15, -0.1) is 0 Å². The van der Waals surface area contributed by atoms with E-state index in [4.69, 9.17) is 4.74 Å². The monoisotopic (exact) mass is 444 g/mol. The maximum atomic E-state index is 12.9. The van der Waals surface area contributed by atoms with E-state index in [1.165, 1.54) is 5.56 Å². The van der Waals surface area contributed by atoms with Crippen LogP contribution in [-0.4, -0.2) is 36.1 Å². The van der Waals surface area contributed by atoms with Gasteiger partial charge in [-0.25, -0.2) is 0 Å². The number of rotatable bonds is 6. The van der Waals surface area contributed by atoms with Gasteiger partial charge in [0.1, 0.15) is 11.5 Å². The highest BCUT2D eigenvalue weighted by Crippen LogP contribution is 2.28. The summed E-state index contributed by atoms with van der Waals surface area (Å²) in [5, 5.41) is 13.1. The first kappa shape index (κ1) is 22.9. The SMILES string of the molecule is COc1cccc(-c2cccc(NC(=O)C3CCN(Cc4cc(C)c(O)c(C)c4)CC3)c2)c1. The van der Waals surface area contributed by atoms with Crippen molar-refractivity contribution < 1.29 is 14.6 Å². The zero-order chi connectivity index (χ0) is 23.4. The number of carbonyl (C=O) groups is 1. The number of amides is 1. The predicted molar refractivity (Wildman–Crippen MR) is 133 cm³/mol. The molecule has 3 aromatic carbocycles. The largest absolute Gasteiger partial charge is 0.507 e. The molecule has 4 rings (SSSR count). The van der Waals surface area contributed by atoms with Crippen molar-refractivity contribution >= 4 is 11.6 Å². The van der Waals surface area contributed by atoms with Gasteiger partial charge >= 0.3 is 0 Å². The summed E-state index contributed by atoms with van der Waals surface area (Å²) in [7, 11) is 1.66. The van der Waals surface area contributed by atoms with Gasteiger partial charge in [-0.3, -0.25) is 9.69 Å². The molecule has 33 heavy (non-hydrogen) atoms. The lowest BCUT2D eigenvalue weighted by atomic mass is 9.95. The van der Waals surface area contributed by atoms with E-state index in [-0.39, 0.29) is 11.8 Å². The number of anilines is 1. The number of hydrogen-bond donors (Lipinski definition) is 2. The van der Waals surface area contributed by atoms with Crippen molar-refractivity contribution in [3.63, 3.8) is 0 Å². The maximum absolute atomic E-state index is 12.9. The Labute approximate surface area is 196 Å². The average molecular weight is 445 g/mol. The van der Waals surface area contributed by atoms with E-state index < -0.39 is 0 Å². The molecule has 1 saturated heterocycles. The molecule has 0 unspecified atom stereocenters. The number of aromatic hydroxyl groups is 1. The molecule has 1 fully saturated rings. The average Bonchev–Trinajstić information content (AvgIpc) is 2.83. The van der Waals surface area contributed by atoms with E-state index in [9.17, 15) is 9.90 Å². The summed E-state index contributed by atoms with van der Waals surface area (Å²) in [6.07, 6.45) is 1.69. The number of hydrogen-bond acceptors (Lipinski definition) is 4. The van der Waals surface area contributed by atoms with Gasteiger partial charge < -0.3 is 15.2 Å². The third-order valence-electron chi connectivity index (χ3n) is 6.45. The zero-order valence-corrected chi connectivity index (χ0v) is 19.6. The van der Waals surface area contributed by atoms with Crippen LogP contribution in [0.3, 0.4) is 0 Å². The van der Waals surface area contributed by atoms with Crippen molar-refractivity contribution in [2.75, 3.05) is 25.5 Å². The molecule has 0 bridgehead atoms. The topological polar surface area (TPSA) is 61.8 Å². The first-order chi connectivity index (χ1) is 15.9. The van der Waals surface area contributed by atoms with Gasteiger partial charge in [-0.1, -0.05) is 36.4 Å². The number of aryl methyl sites for hydroxylation is 2. The van der Waals surface area contributed by atoms with Crippen LogP contribution in [0.25, 0.3) is 11.1 Å². The molecule has 5 nitrogen and oxygen atoms in total. The van der Waals surface area contributed by atoms with Crippen molar-refractivity contribution in [1.29, 1.82) is 0 Å². The van der Waals surface area contributed by atoms with Crippen LogP contribution in [0.2, 0.25) is 0 Å². The second-order valence-electron chi connectivity index (χ2n) is 8.93. The molecule has 5 heteroatoms. The summed E-state index contributed by atoms with van der Waals surface area (Å²) in [5.41, 5.74) is 5.95. The van der Waals surface area contributed by atoms with Crippen LogP contribution in [0, 0.1) is 19.8 Å². The summed E-state index contributed by atoms with van der Waals surface area (Å²) in [6.45, 7) is 6.50. The zero-order valence-electron chi connectivity index (χ0n) is 19.6. The number of methoxy groups -OCH3 is 1. The number of nitrogens with one attached hydrogen (secondary N) is 1. The molecule has 3 aromatic rings. The highest BCUT2D eigenvalue weighted by molar-refractivity contribution is 5.93. The van der Waals surface area contributed by atoms with Crippen molar-refractivity contribution in [3.8, 4) is 22.6 Å². The normalized spacial score (nSPS) is 14.8. The quantitative estimate of drug-likeness (QED) is 0.524. The molecule has 1 aliphatic heterocycles. The Hall–Kier alpha value is -3.31. The van der Waals surface area contributed by atoms with Crippen LogP contribution in [0.4, 0.5) is 5.69 Å². The van der Waals surface area contributed by atoms with E-state index in [0.29, 0.717) is 5.75 Å². The van der Waals surface area contributed by atoms with Crippen LogP contribution < -0.4 is 10.1 Å². The van der Waals surface area contributed by atoms with Crippen LogP contribution in [0.15, 0.2) is 60.7 Å². The fraction of sp³-hybridized carbons (Fsp3) is 0.321. The standard InChI is InChI=1S/C28H32N2O3/c1-19-14-21(15-20(2)27(19)31)18-30-12-10-22(11-13-30)28(32)29-25-8-4-6-23(16-25)24-7-5-9-26(17-24)33-3/h4-9,14-17,22,31H,10-13,18H2,1-3H3,(H,29,32). The number of carbonyl (C=O) groups excluding carboxylic acids is 1. The number of ether oxygens (including phenoxy) is 1. The van der Waals surface area contributed by atoms with E-state index in [1.54, 1.807) is 7.11 Å². The number of nitrogens with zero attached hydrogens (tertiary/aromatic N) is 1. The molecule has 0 aromatic heterocycles. The van der Waals surface area contributed by atoms with Gasteiger partial charge in [0, 0.05) is 18.2 Å². The Morgan fingerprint density at radius 3 is 2.30 bits per heavy atom. The molecule has 1 amide bonds. The van der Waals surface area contributed by atoms with Crippen LogP contribution in [0.5, 0.6) is 11.5 Å². The number of likely N-dealkylation sites (tertiary alicyclic amines) is 1. The molecule has 1 heterocycles. The Morgan fingerprint density at radius 2 is 1.64 bits per heavy atom. The van der Waals surface area contributed by atoms with Crippen LogP contribution in [-0.2, 0) is 11.3 Å². The van der Waals surface area contributed by atoms with Gasteiger partial charge in [-0.05, 0) is 91.9 Å². The lowest BCUT2D eigenvalue weighted by Crippen LogP contribution is -2.37. The fourth-order valence-electron chi connectivity index (χ4n) is 4.57. The van der Waals surface area contributed by atoms with Gasteiger partial charge in [-0.2, -0.15) is 0 Å². The Kier molecular flexibility index (Phi) is 6.99. The Bertz CT molecular complexity index is 1110. The van der Waals surface area contributed by atoms with E-state index >= 15 is 0 Å². The van der Waals surface area contributed by atoms with Gasteiger partial charge in [0.05, 0.1) is 7.11 Å². The molecular weight excluding hydrogens is 412 g/mol. The number of benzene rings is 3. The summed E-state index contributed by atoms with van der Waals surface area (Å²) < 4.78 is 5.33. The third-order valence-corrected chi connectivity index (χ3v) is 6.45. The lowest BCUT2D eigenvalue weighted by Gasteiger charge is -2.31. The molecule has 0 spiro atoms. The summed E-state index contributed by atoms with van der Waals surface area (Å²) in [4.78, 5) is 15.3. The maximum Gasteiger partial charge on any atom is 0.227 e. The van der Waals surface area contributed by atoms with Gasteiger partial charge in [0.15, 0.2) is 0 Å². The molecule has 2 N–H and O–H groups in total. The first-order valence-electron chi connectivity index (χ1n) is 11.5. The minimum Gasteiger partial charge on any atom is -0.507 e. The number of phenols is 1. The van der Waals surface area contributed by atoms with Crippen molar-refractivity contribution in [3.05, 3.63) is 77.4 Å². The molecular formula is C28H32N2O3. The fourth-order valence-corrected chi connectivity index (χ4v) is 4.57. The summed E-state index contributed by atoms with van der Waals surface area (Å²) in [6, 6.07) is 20.0. The molecule has 1 aliphatic rings. The molecule has 0 saturated carbocycles. The van der Waals surface area contributed by atoms with Gasteiger partial charge in [0.25, 0.3) is 0 Å². The highest BCUT2D eigenvalue weighted by atomic mass is 16.5. The number of phenolic OH excluding ortho intramolecular Hbond substituents is 1. The Morgan fingerprint density at radius 1 is 1.00 bits per heavy atom. The van der Waals surface area contributed by atoms with Crippen molar-refractivity contribution in [1.82, 2.24) is 4.90 Å². The van der Waals surface area contributed by atoms with Crippen LogP contribution >= 0.6 is 0 Å². The summed E-state index contributed by atoms with van der Waals surface area (Å²) >= 11 is 0. The van der Waals surface area contributed by atoms with Crippen LogP contribution in [0.1, 0.15) is 29.5 Å². The second-order valence-corrected chi connectivity index (χ2v) is 8.93. The molecule has 0 radical (unpaired) electrons. The van der Waals surface area contributed by atoms with E-state index in [2.05, 4.69) is 22.3 Å². The van der Waals surface area contributed by atoms with Gasteiger partial charge in [0.2, 0.25) is 5.91 Å². The summed E-state index contributed by atoms with van der Waals surface area (Å²) in [5.74, 6) is 1.30. The Balaban J connectivity index is 1.34. The van der Waals surface area contributed by atoms with Crippen molar-refractivity contribution in [2.24, 2.45) is 5.92 Å². The predicted octanol–water partition coefficient (Wildman–Crippen LogP) is 5.54. The smallest absolute Gasteiger partial charge is 0.227 e. The molecule has 172 valence electrons. The number of piperidine rings is 1. The molecule has 0 aliphatic carbocycles. The second kappa shape index (κ2) is 10.1. The first-order valence-corrected chi connectivity index (χ1v) is 11.5. The third kappa shape index (κ3) is 5.55. The lowest BCUT2D eigenvalue weighted by molar-refractivity contribution is -0.121. The van der Waals surface area contributed by atoms with Crippen molar-refractivity contribution in [2.45, 2.75) is 33.2 Å². The minimum absolute atomic E-state index is 0.0185. The van der Waals surface area contributed by atoms with E-state index in [1.807, 2.05) is 62.4 Å². The highest BCUT2D eigenvalue weighted by Gasteiger charge is 2.25. The van der Waals surface area contributed by atoms with E-state index in [0.717, 1.165) is 66.2 Å².